The number of aromatic nitrogens is 2. The average molecular weight is 241 g/mol. The summed E-state index contributed by atoms with van der Waals surface area (Å²) >= 11 is 0. The van der Waals surface area contributed by atoms with Gasteiger partial charge in [-0.05, 0) is 37.3 Å². The van der Waals surface area contributed by atoms with Crippen LogP contribution in [0.2, 0.25) is 0 Å². The smallest absolute Gasteiger partial charge is 0.105 e. The second kappa shape index (κ2) is 4.22. The third kappa shape index (κ3) is 1.86. The molecule has 0 bridgehead atoms. The van der Waals surface area contributed by atoms with Crippen LogP contribution in [-0.2, 0) is 6.42 Å². The van der Waals surface area contributed by atoms with E-state index in [1.807, 2.05) is 36.7 Å². The molecular weight excluding hydrogens is 226 g/mol. The Kier molecular flexibility index (Phi) is 2.55. The van der Waals surface area contributed by atoms with Crippen LogP contribution in [0, 0.1) is 0 Å². The van der Waals surface area contributed by atoms with Crippen molar-refractivity contribution < 1.29 is 4.42 Å². The molecule has 3 rings (SSSR count). The van der Waals surface area contributed by atoms with Gasteiger partial charge in [-0.1, -0.05) is 0 Å². The number of rotatable bonds is 3. The molecule has 0 aliphatic rings. The van der Waals surface area contributed by atoms with Gasteiger partial charge in [0.25, 0.3) is 0 Å². The fourth-order valence-corrected chi connectivity index (χ4v) is 2.22. The van der Waals surface area contributed by atoms with Gasteiger partial charge in [0.1, 0.15) is 5.76 Å². The molecule has 2 aromatic heterocycles. The highest BCUT2D eigenvalue weighted by Gasteiger charge is 2.11. The van der Waals surface area contributed by atoms with Gasteiger partial charge in [-0.25, -0.2) is 4.98 Å². The van der Waals surface area contributed by atoms with Crippen LogP contribution in [0.3, 0.4) is 0 Å². The summed E-state index contributed by atoms with van der Waals surface area (Å²) in [5.74, 6) is 0.986. The SMILES string of the molecule is CC(Cc1ccco1)n1cnc2cc(N)ccc21. The van der Waals surface area contributed by atoms with Crippen molar-refractivity contribution in [2.45, 2.75) is 19.4 Å². The summed E-state index contributed by atoms with van der Waals surface area (Å²) in [4.78, 5) is 4.38. The summed E-state index contributed by atoms with van der Waals surface area (Å²) in [6.45, 7) is 2.15. The quantitative estimate of drug-likeness (QED) is 0.717. The predicted molar refractivity (Wildman–Crippen MR) is 71.3 cm³/mol. The van der Waals surface area contributed by atoms with Crippen LogP contribution in [-0.4, -0.2) is 9.55 Å². The fraction of sp³-hybridized carbons (Fsp3) is 0.214. The van der Waals surface area contributed by atoms with Crippen molar-refractivity contribution in [2.24, 2.45) is 0 Å². The molecule has 0 saturated carbocycles. The largest absolute Gasteiger partial charge is 0.469 e. The summed E-state index contributed by atoms with van der Waals surface area (Å²) in [6.07, 6.45) is 4.41. The summed E-state index contributed by atoms with van der Waals surface area (Å²) in [6, 6.07) is 10.0. The zero-order valence-corrected chi connectivity index (χ0v) is 10.2. The van der Waals surface area contributed by atoms with Crippen molar-refractivity contribution in [1.82, 2.24) is 9.55 Å². The van der Waals surface area contributed by atoms with E-state index in [1.54, 1.807) is 6.26 Å². The first kappa shape index (κ1) is 10.9. The van der Waals surface area contributed by atoms with E-state index in [4.69, 9.17) is 10.2 Å². The molecule has 2 heterocycles. The first-order chi connectivity index (χ1) is 8.74. The summed E-state index contributed by atoms with van der Waals surface area (Å²) in [7, 11) is 0. The highest BCUT2D eigenvalue weighted by atomic mass is 16.3. The number of hydrogen-bond acceptors (Lipinski definition) is 3. The molecule has 4 nitrogen and oxygen atoms in total. The highest BCUT2D eigenvalue weighted by molar-refractivity contribution is 5.79. The first-order valence-corrected chi connectivity index (χ1v) is 5.98. The fourth-order valence-electron chi connectivity index (χ4n) is 2.22. The lowest BCUT2D eigenvalue weighted by atomic mass is 10.2. The zero-order valence-electron chi connectivity index (χ0n) is 10.2. The van der Waals surface area contributed by atoms with Crippen molar-refractivity contribution in [2.75, 3.05) is 5.73 Å². The molecule has 0 fully saturated rings. The van der Waals surface area contributed by atoms with Gasteiger partial charge in [0.2, 0.25) is 0 Å². The predicted octanol–water partition coefficient (Wildman–Crippen LogP) is 3.02. The number of furan rings is 1. The number of anilines is 1. The number of nitrogen functional groups attached to an aromatic ring is 1. The molecule has 0 aliphatic heterocycles. The Morgan fingerprint density at radius 2 is 2.28 bits per heavy atom. The van der Waals surface area contributed by atoms with Crippen LogP contribution >= 0.6 is 0 Å². The highest BCUT2D eigenvalue weighted by Crippen LogP contribution is 2.22. The molecular formula is C14H15N3O. The molecule has 0 spiro atoms. The third-order valence-electron chi connectivity index (χ3n) is 3.15. The van der Waals surface area contributed by atoms with Crippen LogP contribution in [0.25, 0.3) is 11.0 Å². The molecule has 0 saturated heterocycles. The molecule has 1 unspecified atom stereocenters. The summed E-state index contributed by atoms with van der Waals surface area (Å²) in [5, 5.41) is 0. The van der Waals surface area contributed by atoms with Gasteiger partial charge in [-0.3, -0.25) is 0 Å². The maximum absolute atomic E-state index is 5.75. The van der Waals surface area contributed by atoms with Crippen molar-refractivity contribution in [3.8, 4) is 0 Å². The number of benzene rings is 1. The van der Waals surface area contributed by atoms with Crippen LogP contribution in [0.5, 0.6) is 0 Å². The Labute approximate surface area is 105 Å². The summed E-state index contributed by atoms with van der Waals surface area (Å²) < 4.78 is 7.53. The molecule has 3 aromatic rings. The molecule has 1 aromatic carbocycles. The minimum absolute atomic E-state index is 0.296. The van der Waals surface area contributed by atoms with E-state index in [1.165, 1.54) is 0 Å². The monoisotopic (exact) mass is 241 g/mol. The van der Waals surface area contributed by atoms with Crippen LogP contribution in [0.15, 0.2) is 47.3 Å². The lowest BCUT2D eigenvalue weighted by Crippen LogP contribution is -2.06. The Hall–Kier alpha value is -2.23. The van der Waals surface area contributed by atoms with E-state index in [-0.39, 0.29) is 0 Å². The van der Waals surface area contributed by atoms with Gasteiger partial charge in [0, 0.05) is 18.2 Å². The molecule has 0 radical (unpaired) electrons. The van der Waals surface area contributed by atoms with Crippen molar-refractivity contribution in [1.29, 1.82) is 0 Å². The van der Waals surface area contributed by atoms with E-state index < -0.39 is 0 Å². The number of fused-ring (bicyclic) bond motifs is 1. The molecule has 0 aliphatic carbocycles. The zero-order chi connectivity index (χ0) is 12.5. The van der Waals surface area contributed by atoms with E-state index in [9.17, 15) is 0 Å². The first-order valence-electron chi connectivity index (χ1n) is 5.98. The Morgan fingerprint density at radius 1 is 1.39 bits per heavy atom. The minimum atomic E-state index is 0.296. The maximum atomic E-state index is 5.75. The van der Waals surface area contributed by atoms with Crippen molar-refractivity contribution >= 4 is 16.7 Å². The van der Waals surface area contributed by atoms with E-state index in [0.29, 0.717) is 6.04 Å². The molecule has 0 amide bonds. The average Bonchev–Trinajstić information content (AvgIpc) is 2.97. The van der Waals surface area contributed by atoms with Crippen molar-refractivity contribution in [3.63, 3.8) is 0 Å². The molecule has 1 atom stereocenters. The number of nitrogens with two attached hydrogens (primary N) is 1. The summed E-state index contributed by atoms with van der Waals surface area (Å²) in [5.41, 5.74) is 8.53. The van der Waals surface area contributed by atoms with Gasteiger partial charge < -0.3 is 14.7 Å². The number of hydrogen-bond donors (Lipinski definition) is 1. The van der Waals surface area contributed by atoms with Gasteiger partial charge >= 0.3 is 0 Å². The third-order valence-corrected chi connectivity index (χ3v) is 3.15. The minimum Gasteiger partial charge on any atom is -0.469 e. The molecule has 2 N–H and O–H groups in total. The maximum Gasteiger partial charge on any atom is 0.105 e. The number of nitrogens with zero attached hydrogens (tertiary/aromatic N) is 2. The topological polar surface area (TPSA) is 57.0 Å². The second-order valence-electron chi connectivity index (χ2n) is 4.53. The Bertz CT molecular complexity index is 655. The Balaban J connectivity index is 1.94. The van der Waals surface area contributed by atoms with E-state index in [0.717, 1.165) is 28.9 Å². The standard InChI is InChI=1S/C14H15N3O/c1-10(7-12-3-2-6-18-12)17-9-16-13-8-11(15)4-5-14(13)17/h2-6,8-10H,7,15H2,1H3. The lowest BCUT2D eigenvalue weighted by Gasteiger charge is -2.12. The van der Waals surface area contributed by atoms with Gasteiger partial charge in [-0.2, -0.15) is 0 Å². The van der Waals surface area contributed by atoms with E-state index >= 15 is 0 Å². The van der Waals surface area contributed by atoms with Crippen LogP contribution in [0.4, 0.5) is 5.69 Å². The second-order valence-corrected chi connectivity index (χ2v) is 4.53. The lowest BCUT2D eigenvalue weighted by molar-refractivity contribution is 0.454. The van der Waals surface area contributed by atoms with Crippen LogP contribution < -0.4 is 5.73 Å². The molecule has 18 heavy (non-hydrogen) atoms. The van der Waals surface area contributed by atoms with E-state index in [2.05, 4.69) is 16.5 Å². The van der Waals surface area contributed by atoms with Gasteiger partial charge in [0.15, 0.2) is 0 Å². The number of imidazole rings is 1. The van der Waals surface area contributed by atoms with Crippen molar-refractivity contribution in [3.05, 3.63) is 48.7 Å². The normalized spacial score (nSPS) is 12.9. The molecule has 4 heteroatoms. The molecule has 92 valence electrons. The Morgan fingerprint density at radius 3 is 3.06 bits per heavy atom. The van der Waals surface area contributed by atoms with Crippen LogP contribution in [0.1, 0.15) is 18.7 Å². The van der Waals surface area contributed by atoms with Gasteiger partial charge in [0.05, 0.1) is 23.6 Å². The van der Waals surface area contributed by atoms with Gasteiger partial charge in [-0.15, -0.1) is 0 Å².